The number of benzene rings is 1. The normalized spacial score (nSPS) is 10.3. The first-order valence-corrected chi connectivity index (χ1v) is 6.34. The first kappa shape index (κ1) is 14.1. The Morgan fingerprint density at radius 2 is 1.74 bits per heavy atom. The van der Waals surface area contributed by atoms with Crippen LogP contribution in [0.1, 0.15) is 10.4 Å². The zero-order valence-corrected chi connectivity index (χ0v) is 12.1. The van der Waals surface area contributed by atoms with Gasteiger partial charge in [0.2, 0.25) is 5.88 Å². The lowest BCUT2D eigenvalue weighted by Gasteiger charge is -2.09. The second kappa shape index (κ2) is 5.78. The van der Waals surface area contributed by atoms with Crippen LogP contribution < -0.4 is 4.74 Å². The Bertz CT molecular complexity index is 644. The van der Waals surface area contributed by atoms with Crippen molar-refractivity contribution in [1.82, 2.24) is 4.98 Å². The van der Waals surface area contributed by atoms with Gasteiger partial charge in [0.15, 0.2) is 6.29 Å². The minimum Gasteiger partial charge on any atom is -0.481 e. The largest absolute Gasteiger partial charge is 0.481 e. The van der Waals surface area contributed by atoms with Crippen LogP contribution in [-0.4, -0.2) is 18.4 Å². The van der Waals surface area contributed by atoms with Crippen molar-refractivity contribution in [2.75, 3.05) is 7.11 Å². The number of halogens is 3. The zero-order chi connectivity index (χ0) is 14.0. The first-order chi connectivity index (χ1) is 9.06. The molecule has 0 atom stereocenters. The van der Waals surface area contributed by atoms with Crippen molar-refractivity contribution >= 4 is 41.1 Å². The van der Waals surface area contributed by atoms with Gasteiger partial charge in [-0.3, -0.25) is 4.79 Å². The van der Waals surface area contributed by atoms with E-state index in [-0.39, 0.29) is 0 Å². The maximum Gasteiger partial charge on any atom is 0.213 e. The molecule has 0 bridgehead atoms. The van der Waals surface area contributed by atoms with Crippen molar-refractivity contribution in [3.63, 3.8) is 0 Å². The molecule has 2 aromatic rings. The summed E-state index contributed by atoms with van der Waals surface area (Å²) in [6.45, 7) is 0. The smallest absolute Gasteiger partial charge is 0.213 e. The molecule has 0 radical (unpaired) electrons. The molecule has 0 saturated carbocycles. The number of pyridine rings is 1. The Morgan fingerprint density at radius 1 is 1.05 bits per heavy atom. The number of aldehydes is 1. The van der Waals surface area contributed by atoms with E-state index in [1.165, 1.54) is 25.4 Å². The second-order valence-electron chi connectivity index (χ2n) is 3.68. The minimum absolute atomic E-state index is 0.349. The number of carbonyl (C=O) groups is 1. The zero-order valence-electron chi connectivity index (χ0n) is 9.78. The van der Waals surface area contributed by atoms with E-state index in [9.17, 15) is 4.79 Å². The highest BCUT2D eigenvalue weighted by atomic mass is 35.5. The molecule has 98 valence electrons. The highest BCUT2D eigenvalue weighted by molar-refractivity contribution is 6.44. The molecule has 1 aromatic heterocycles. The highest BCUT2D eigenvalue weighted by Gasteiger charge is 2.13. The molecule has 0 amide bonds. The van der Waals surface area contributed by atoms with Crippen molar-refractivity contribution < 1.29 is 9.53 Å². The number of methoxy groups -OCH3 is 1. The molecule has 19 heavy (non-hydrogen) atoms. The maximum absolute atomic E-state index is 11.1. The van der Waals surface area contributed by atoms with Crippen molar-refractivity contribution in [2.45, 2.75) is 0 Å². The summed E-state index contributed by atoms with van der Waals surface area (Å²) in [7, 11) is 1.47. The van der Waals surface area contributed by atoms with Gasteiger partial charge in [0, 0.05) is 29.0 Å². The van der Waals surface area contributed by atoms with E-state index in [1.807, 2.05) is 0 Å². The first-order valence-electron chi connectivity index (χ1n) is 5.21. The average molecular weight is 317 g/mol. The fourth-order valence-corrected chi connectivity index (χ4v) is 2.26. The van der Waals surface area contributed by atoms with Gasteiger partial charge in [-0.05, 0) is 12.1 Å². The summed E-state index contributed by atoms with van der Waals surface area (Å²) in [4.78, 5) is 15.2. The monoisotopic (exact) mass is 315 g/mol. The van der Waals surface area contributed by atoms with Gasteiger partial charge in [0.05, 0.1) is 22.2 Å². The van der Waals surface area contributed by atoms with Crippen LogP contribution in [0.4, 0.5) is 0 Å². The summed E-state index contributed by atoms with van der Waals surface area (Å²) in [5.41, 5.74) is 1.57. The topological polar surface area (TPSA) is 39.2 Å². The van der Waals surface area contributed by atoms with Crippen molar-refractivity contribution in [3.8, 4) is 17.0 Å². The molecule has 6 heteroatoms. The number of hydrogen-bond acceptors (Lipinski definition) is 3. The molecule has 0 aliphatic rings. The van der Waals surface area contributed by atoms with Gasteiger partial charge in [-0.1, -0.05) is 34.8 Å². The van der Waals surface area contributed by atoms with Crippen LogP contribution in [-0.2, 0) is 0 Å². The lowest BCUT2D eigenvalue weighted by molar-refractivity contribution is 0.112. The summed E-state index contributed by atoms with van der Waals surface area (Å²) in [6, 6.07) is 4.66. The number of carbonyl (C=O) groups excluding carboxylic acids is 1. The Labute approximate surface area is 125 Å². The molecule has 1 aromatic carbocycles. The van der Waals surface area contributed by atoms with Gasteiger partial charge < -0.3 is 4.74 Å². The minimum atomic E-state index is 0.349. The third-order valence-electron chi connectivity index (χ3n) is 2.55. The van der Waals surface area contributed by atoms with Crippen LogP contribution in [0, 0.1) is 0 Å². The van der Waals surface area contributed by atoms with E-state index in [2.05, 4.69) is 4.98 Å². The molecule has 0 fully saturated rings. The Kier molecular flexibility index (Phi) is 4.30. The van der Waals surface area contributed by atoms with Crippen LogP contribution >= 0.6 is 34.8 Å². The third kappa shape index (κ3) is 2.84. The molecule has 1 heterocycles. The summed E-state index contributed by atoms with van der Waals surface area (Å²) in [5.74, 6) is 0.349. The summed E-state index contributed by atoms with van der Waals surface area (Å²) in [5, 5.41) is 1.10. The molecule has 3 nitrogen and oxygen atoms in total. The average Bonchev–Trinajstić information content (AvgIpc) is 2.42. The predicted molar refractivity (Wildman–Crippen MR) is 76.6 cm³/mol. The number of ether oxygens (including phenoxy) is 1. The number of aromatic nitrogens is 1. The fourth-order valence-electron chi connectivity index (χ4n) is 1.61. The standard InChI is InChI=1S/C13H8Cl3NO2/c1-19-13-2-7(6-18)9(5-17-13)8-3-11(15)12(16)4-10(8)14/h2-6H,1H3. The van der Waals surface area contributed by atoms with E-state index in [0.717, 1.165) is 0 Å². The number of hydrogen-bond donors (Lipinski definition) is 0. The summed E-state index contributed by atoms with van der Waals surface area (Å²) < 4.78 is 4.97. The van der Waals surface area contributed by atoms with Crippen LogP contribution in [0.2, 0.25) is 15.1 Å². The Balaban J connectivity index is 2.65. The third-order valence-corrected chi connectivity index (χ3v) is 3.58. The molecule has 2 rings (SSSR count). The van der Waals surface area contributed by atoms with E-state index in [4.69, 9.17) is 39.5 Å². The summed E-state index contributed by atoms with van der Waals surface area (Å²) >= 11 is 18.0. The molecule has 0 saturated heterocycles. The lowest BCUT2D eigenvalue weighted by atomic mass is 10.0. The van der Waals surface area contributed by atoms with Gasteiger partial charge in [0.25, 0.3) is 0 Å². The van der Waals surface area contributed by atoms with E-state index in [0.29, 0.717) is 43.9 Å². The van der Waals surface area contributed by atoms with Crippen molar-refractivity contribution in [2.24, 2.45) is 0 Å². The lowest BCUT2D eigenvalue weighted by Crippen LogP contribution is -1.94. The highest BCUT2D eigenvalue weighted by Crippen LogP contribution is 2.36. The van der Waals surface area contributed by atoms with Gasteiger partial charge in [-0.15, -0.1) is 0 Å². The molecule has 0 N–H and O–H groups in total. The van der Waals surface area contributed by atoms with Crippen molar-refractivity contribution in [1.29, 1.82) is 0 Å². The number of rotatable bonds is 3. The molecule has 0 unspecified atom stereocenters. The molecular weight excluding hydrogens is 309 g/mol. The van der Waals surface area contributed by atoms with Gasteiger partial charge >= 0.3 is 0 Å². The molecule has 0 aliphatic carbocycles. The number of nitrogens with zero attached hydrogens (tertiary/aromatic N) is 1. The molecule has 0 spiro atoms. The van der Waals surface area contributed by atoms with Crippen LogP contribution in [0.15, 0.2) is 24.4 Å². The fraction of sp³-hybridized carbons (Fsp3) is 0.0769. The molecule has 0 aliphatic heterocycles. The van der Waals surface area contributed by atoms with Crippen LogP contribution in [0.25, 0.3) is 11.1 Å². The maximum atomic E-state index is 11.1. The van der Waals surface area contributed by atoms with Gasteiger partial charge in [-0.2, -0.15) is 0 Å². The second-order valence-corrected chi connectivity index (χ2v) is 4.90. The van der Waals surface area contributed by atoms with E-state index < -0.39 is 0 Å². The van der Waals surface area contributed by atoms with Crippen molar-refractivity contribution in [3.05, 3.63) is 45.0 Å². The Morgan fingerprint density at radius 3 is 2.37 bits per heavy atom. The van der Waals surface area contributed by atoms with Crippen LogP contribution in [0.5, 0.6) is 5.88 Å². The SMILES string of the molecule is COc1cc(C=O)c(-c2cc(Cl)c(Cl)cc2Cl)cn1. The van der Waals surface area contributed by atoms with E-state index in [1.54, 1.807) is 6.07 Å². The van der Waals surface area contributed by atoms with E-state index >= 15 is 0 Å². The summed E-state index contributed by atoms with van der Waals surface area (Å²) in [6.07, 6.45) is 2.21. The van der Waals surface area contributed by atoms with Gasteiger partial charge in [0.1, 0.15) is 0 Å². The van der Waals surface area contributed by atoms with Gasteiger partial charge in [-0.25, -0.2) is 4.98 Å². The van der Waals surface area contributed by atoms with Crippen LogP contribution in [0.3, 0.4) is 0 Å². The predicted octanol–water partition coefficient (Wildman–Crippen LogP) is 4.53. The quantitative estimate of drug-likeness (QED) is 0.617. The Hall–Kier alpha value is -1.29. The molecular formula is C13H8Cl3NO2.